The second kappa shape index (κ2) is 6.22. The first-order valence-electron chi connectivity index (χ1n) is 7.19. The van der Waals surface area contributed by atoms with Gasteiger partial charge in [0, 0.05) is 29.2 Å². The average molecular weight is 365 g/mol. The van der Waals surface area contributed by atoms with E-state index in [0.717, 1.165) is 34.6 Å². The number of nitrogens with zero attached hydrogens (tertiary/aromatic N) is 1. The molecule has 2 aromatic rings. The second-order valence-electron chi connectivity index (χ2n) is 5.53. The lowest BCUT2D eigenvalue weighted by atomic mass is 10.1. The van der Waals surface area contributed by atoms with Crippen molar-refractivity contribution in [3.63, 3.8) is 0 Å². The van der Waals surface area contributed by atoms with Gasteiger partial charge in [0.2, 0.25) is 0 Å². The summed E-state index contributed by atoms with van der Waals surface area (Å²) in [5.74, 6) is -0.974. The molecule has 2 atom stereocenters. The number of anilines is 1. The highest BCUT2D eigenvalue weighted by molar-refractivity contribution is 9.10. The number of rotatable bonds is 4. The van der Waals surface area contributed by atoms with Crippen molar-refractivity contribution in [2.24, 2.45) is 0 Å². The number of hydrogen-bond donors (Lipinski definition) is 2. The van der Waals surface area contributed by atoms with Gasteiger partial charge in [0.05, 0.1) is 17.3 Å². The van der Waals surface area contributed by atoms with Gasteiger partial charge < -0.3 is 15.2 Å². The molecule has 3 rings (SSSR count). The molecule has 0 aliphatic heterocycles. The maximum atomic E-state index is 11.5. The van der Waals surface area contributed by atoms with Crippen LogP contribution in [-0.2, 0) is 4.74 Å². The summed E-state index contributed by atoms with van der Waals surface area (Å²) in [7, 11) is 1.72. The van der Waals surface area contributed by atoms with Crippen molar-refractivity contribution >= 4 is 38.5 Å². The number of fused-ring (bicyclic) bond motifs is 1. The number of carboxylic acid groups (broad SMARTS) is 1. The molecule has 1 aromatic carbocycles. The third kappa shape index (κ3) is 2.94. The van der Waals surface area contributed by atoms with Crippen LogP contribution in [0.15, 0.2) is 28.9 Å². The predicted octanol–water partition coefficient (Wildman–Crippen LogP) is 3.67. The van der Waals surface area contributed by atoms with Gasteiger partial charge in [-0.3, -0.25) is 4.98 Å². The molecule has 1 saturated carbocycles. The summed E-state index contributed by atoms with van der Waals surface area (Å²) in [6, 6.07) is 5.89. The molecule has 1 aliphatic carbocycles. The van der Waals surface area contributed by atoms with Gasteiger partial charge in [0.1, 0.15) is 5.56 Å². The van der Waals surface area contributed by atoms with Crippen molar-refractivity contribution < 1.29 is 14.6 Å². The van der Waals surface area contributed by atoms with Crippen LogP contribution in [0, 0.1) is 0 Å². The van der Waals surface area contributed by atoms with Crippen LogP contribution < -0.4 is 5.32 Å². The van der Waals surface area contributed by atoms with Crippen LogP contribution in [0.2, 0.25) is 0 Å². The zero-order valence-electron chi connectivity index (χ0n) is 12.2. The van der Waals surface area contributed by atoms with E-state index in [1.165, 1.54) is 6.20 Å². The largest absolute Gasteiger partial charge is 0.478 e. The Balaban J connectivity index is 2.03. The van der Waals surface area contributed by atoms with Crippen LogP contribution in [0.1, 0.15) is 29.6 Å². The Morgan fingerprint density at radius 2 is 2.27 bits per heavy atom. The van der Waals surface area contributed by atoms with Crippen LogP contribution in [0.4, 0.5) is 5.69 Å². The highest BCUT2D eigenvalue weighted by Crippen LogP contribution is 2.32. The molecular weight excluding hydrogens is 348 g/mol. The monoisotopic (exact) mass is 364 g/mol. The van der Waals surface area contributed by atoms with E-state index < -0.39 is 5.97 Å². The fourth-order valence-corrected chi connectivity index (χ4v) is 3.33. The number of ether oxygens (including phenoxy) is 1. The quantitative estimate of drug-likeness (QED) is 0.865. The normalized spacial score (nSPS) is 21.2. The van der Waals surface area contributed by atoms with Crippen molar-refractivity contribution in [2.45, 2.75) is 31.4 Å². The first-order chi connectivity index (χ1) is 10.6. The molecule has 1 heterocycles. The van der Waals surface area contributed by atoms with E-state index >= 15 is 0 Å². The summed E-state index contributed by atoms with van der Waals surface area (Å²) in [4.78, 5) is 15.8. The van der Waals surface area contributed by atoms with Crippen molar-refractivity contribution in [2.75, 3.05) is 12.4 Å². The number of aromatic nitrogens is 1. The van der Waals surface area contributed by atoms with Gasteiger partial charge in [0.15, 0.2) is 0 Å². The number of halogens is 1. The van der Waals surface area contributed by atoms with Gasteiger partial charge in [-0.25, -0.2) is 4.79 Å². The maximum absolute atomic E-state index is 11.5. The van der Waals surface area contributed by atoms with Crippen LogP contribution in [-0.4, -0.2) is 35.3 Å². The molecule has 0 radical (unpaired) electrons. The van der Waals surface area contributed by atoms with Crippen molar-refractivity contribution in [1.82, 2.24) is 4.98 Å². The molecule has 1 fully saturated rings. The molecule has 116 valence electrons. The summed E-state index contributed by atoms with van der Waals surface area (Å²) in [6.07, 6.45) is 4.50. The number of hydrogen-bond acceptors (Lipinski definition) is 4. The standard InChI is InChI=1S/C16H17BrN2O3/c1-22-11-4-3-10(7-11)19-15-12-6-9(17)2-5-14(12)18-8-13(15)16(20)21/h2,5-6,8,10-11H,3-4,7H2,1H3,(H,18,19)(H,20,21)/t10-,11-/m1/s1. The first-order valence-corrected chi connectivity index (χ1v) is 7.98. The van der Waals surface area contributed by atoms with Gasteiger partial charge in [-0.2, -0.15) is 0 Å². The van der Waals surface area contributed by atoms with Crippen LogP contribution >= 0.6 is 15.9 Å². The van der Waals surface area contributed by atoms with Gasteiger partial charge in [0.25, 0.3) is 0 Å². The van der Waals surface area contributed by atoms with E-state index in [1.54, 1.807) is 7.11 Å². The third-order valence-electron chi connectivity index (χ3n) is 4.13. The number of methoxy groups -OCH3 is 1. The summed E-state index contributed by atoms with van der Waals surface area (Å²) >= 11 is 3.44. The molecule has 1 aliphatic rings. The Labute approximate surface area is 136 Å². The second-order valence-corrected chi connectivity index (χ2v) is 6.44. The van der Waals surface area contributed by atoms with E-state index in [-0.39, 0.29) is 17.7 Å². The molecule has 0 spiro atoms. The lowest BCUT2D eigenvalue weighted by Crippen LogP contribution is -2.19. The Morgan fingerprint density at radius 1 is 1.45 bits per heavy atom. The molecule has 0 amide bonds. The lowest BCUT2D eigenvalue weighted by molar-refractivity contribution is 0.0697. The number of carbonyl (C=O) groups is 1. The van der Waals surface area contributed by atoms with E-state index in [9.17, 15) is 9.90 Å². The lowest BCUT2D eigenvalue weighted by Gasteiger charge is -2.18. The molecule has 1 aromatic heterocycles. The summed E-state index contributed by atoms with van der Waals surface area (Å²) < 4.78 is 6.28. The zero-order chi connectivity index (χ0) is 15.7. The van der Waals surface area contributed by atoms with Crippen molar-refractivity contribution in [3.8, 4) is 0 Å². The smallest absolute Gasteiger partial charge is 0.339 e. The summed E-state index contributed by atoms with van der Waals surface area (Å²) in [6.45, 7) is 0. The van der Waals surface area contributed by atoms with Crippen LogP contribution in [0.25, 0.3) is 10.9 Å². The van der Waals surface area contributed by atoms with Gasteiger partial charge in [-0.15, -0.1) is 0 Å². The molecule has 2 N–H and O–H groups in total. The van der Waals surface area contributed by atoms with E-state index in [1.807, 2.05) is 18.2 Å². The number of benzene rings is 1. The molecule has 5 nitrogen and oxygen atoms in total. The highest BCUT2D eigenvalue weighted by Gasteiger charge is 2.26. The molecule has 22 heavy (non-hydrogen) atoms. The van der Waals surface area contributed by atoms with E-state index in [0.29, 0.717) is 5.69 Å². The fraction of sp³-hybridized carbons (Fsp3) is 0.375. The van der Waals surface area contributed by atoms with Crippen molar-refractivity contribution in [1.29, 1.82) is 0 Å². The maximum Gasteiger partial charge on any atom is 0.339 e. The van der Waals surface area contributed by atoms with Gasteiger partial charge >= 0.3 is 5.97 Å². The number of nitrogens with one attached hydrogen (secondary N) is 1. The third-order valence-corrected chi connectivity index (χ3v) is 4.62. The fourth-order valence-electron chi connectivity index (χ4n) is 2.97. The Bertz CT molecular complexity index is 720. The molecule has 0 bridgehead atoms. The first kappa shape index (κ1) is 15.2. The topological polar surface area (TPSA) is 71.5 Å². The van der Waals surface area contributed by atoms with Crippen LogP contribution in [0.5, 0.6) is 0 Å². The van der Waals surface area contributed by atoms with Gasteiger partial charge in [-0.05, 0) is 37.5 Å². The van der Waals surface area contributed by atoms with Crippen LogP contribution in [0.3, 0.4) is 0 Å². The molecular formula is C16H17BrN2O3. The number of carboxylic acids is 1. The Kier molecular flexibility index (Phi) is 4.31. The van der Waals surface area contributed by atoms with Crippen molar-refractivity contribution in [3.05, 3.63) is 34.4 Å². The summed E-state index contributed by atoms with van der Waals surface area (Å²) in [5.41, 5.74) is 1.61. The van der Waals surface area contributed by atoms with Gasteiger partial charge in [-0.1, -0.05) is 15.9 Å². The minimum absolute atomic E-state index is 0.200. The molecule has 0 saturated heterocycles. The summed E-state index contributed by atoms with van der Waals surface area (Å²) in [5, 5.41) is 13.7. The Hall–Kier alpha value is -1.66. The average Bonchev–Trinajstić information content (AvgIpc) is 2.95. The zero-order valence-corrected chi connectivity index (χ0v) is 13.8. The van der Waals surface area contributed by atoms with E-state index in [2.05, 4.69) is 26.2 Å². The minimum Gasteiger partial charge on any atom is -0.478 e. The highest BCUT2D eigenvalue weighted by atomic mass is 79.9. The Morgan fingerprint density at radius 3 is 2.95 bits per heavy atom. The SMILES string of the molecule is CO[C@@H]1CC[C@@H](Nc2c(C(=O)O)cnc3ccc(Br)cc23)C1. The number of aromatic carboxylic acids is 1. The van der Waals surface area contributed by atoms with E-state index in [4.69, 9.17) is 4.74 Å². The minimum atomic E-state index is -0.974. The molecule has 6 heteroatoms. The predicted molar refractivity (Wildman–Crippen MR) is 88.5 cm³/mol. The number of pyridine rings is 1. The molecule has 0 unspecified atom stereocenters.